The Morgan fingerprint density at radius 2 is 1.79 bits per heavy atom. The van der Waals surface area contributed by atoms with Crippen LogP contribution in [0.2, 0.25) is 0 Å². The molecule has 0 aliphatic rings. The Kier molecular flexibility index (Phi) is 6.70. The Bertz CT molecular complexity index is 404. The molecule has 1 aromatic rings. The minimum atomic E-state index is -0.350. The van der Waals surface area contributed by atoms with Gasteiger partial charge in [0.25, 0.3) is 0 Å². The first-order chi connectivity index (χ1) is 9.17. The highest BCUT2D eigenvalue weighted by atomic mass is 16.7. The van der Waals surface area contributed by atoms with Crippen LogP contribution in [0.15, 0.2) is 18.2 Å². The van der Waals surface area contributed by atoms with Crippen LogP contribution in [0.5, 0.6) is 11.5 Å². The molecule has 0 fully saturated rings. The minimum absolute atomic E-state index is 0.0980. The highest BCUT2D eigenvalue weighted by Crippen LogP contribution is 2.26. The Hall–Kier alpha value is -1.79. The lowest BCUT2D eigenvalue weighted by atomic mass is 10.2. The van der Waals surface area contributed by atoms with Crippen molar-refractivity contribution in [3.63, 3.8) is 0 Å². The molecular weight excluding hydrogens is 252 g/mol. The number of hydrogen-bond donors (Lipinski definition) is 0. The maximum atomic E-state index is 10.8. The Morgan fingerprint density at radius 1 is 1.11 bits per heavy atom. The second-order valence-electron chi connectivity index (χ2n) is 3.65. The van der Waals surface area contributed by atoms with Gasteiger partial charge in [-0.3, -0.25) is 4.79 Å². The van der Waals surface area contributed by atoms with Gasteiger partial charge in [0.15, 0.2) is 13.6 Å². The van der Waals surface area contributed by atoms with Crippen molar-refractivity contribution in [2.75, 3.05) is 27.8 Å². The lowest BCUT2D eigenvalue weighted by molar-refractivity contribution is -0.142. The first kappa shape index (κ1) is 15.3. The van der Waals surface area contributed by atoms with Gasteiger partial charge in [-0.1, -0.05) is 0 Å². The van der Waals surface area contributed by atoms with E-state index in [-0.39, 0.29) is 26.2 Å². The molecule has 0 atom stereocenters. The van der Waals surface area contributed by atoms with Gasteiger partial charge in [-0.05, 0) is 12.1 Å². The monoisotopic (exact) mass is 270 g/mol. The predicted octanol–water partition coefficient (Wildman–Crippen LogP) is 1.72. The summed E-state index contributed by atoms with van der Waals surface area (Å²) in [7, 11) is 3.06. The van der Waals surface area contributed by atoms with Gasteiger partial charge in [-0.2, -0.15) is 0 Å². The van der Waals surface area contributed by atoms with Gasteiger partial charge in [0.2, 0.25) is 0 Å². The van der Waals surface area contributed by atoms with Gasteiger partial charge in [-0.25, -0.2) is 0 Å². The molecule has 1 rings (SSSR count). The standard InChI is InChI=1S/C13H18O6/c1-10(14)17-7-11-4-5-12(18-8-15-2)6-13(11)19-9-16-3/h4-6H,7-9H2,1-3H3. The van der Waals surface area contributed by atoms with E-state index in [0.29, 0.717) is 11.5 Å². The van der Waals surface area contributed by atoms with E-state index >= 15 is 0 Å². The largest absolute Gasteiger partial charge is 0.467 e. The molecule has 0 aromatic heterocycles. The summed E-state index contributed by atoms with van der Waals surface area (Å²) in [5, 5.41) is 0. The lowest BCUT2D eigenvalue weighted by Crippen LogP contribution is -2.06. The van der Waals surface area contributed by atoms with Crippen LogP contribution in [-0.2, 0) is 25.6 Å². The maximum absolute atomic E-state index is 10.8. The second kappa shape index (κ2) is 8.34. The summed E-state index contributed by atoms with van der Waals surface area (Å²) in [4.78, 5) is 10.8. The molecule has 6 nitrogen and oxygen atoms in total. The first-order valence-corrected chi connectivity index (χ1v) is 5.67. The van der Waals surface area contributed by atoms with Crippen LogP contribution in [0, 0.1) is 0 Å². The van der Waals surface area contributed by atoms with E-state index in [0.717, 1.165) is 5.56 Å². The van der Waals surface area contributed by atoms with Crippen LogP contribution in [-0.4, -0.2) is 33.8 Å². The molecular formula is C13H18O6. The Balaban J connectivity index is 2.78. The third-order valence-electron chi connectivity index (χ3n) is 2.15. The molecule has 0 radical (unpaired) electrons. The predicted molar refractivity (Wildman–Crippen MR) is 66.9 cm³/mol. The van der Waals surface area contributed by atoms with E-state index in [1.54, 1.807) is 18.2 Å². The average molecular weight is 270 g/mol. The fraction of sp³-hybridized carbons (Fsp3) is 0.462. The maximum Gasteiger partial charge on any atom is 0.302 e. The fourth-order valence-corrected chi connectivity index (χ4v) is 1.31. The summed E-state index contributed by atoms with van der Waals surface area (Å²) in [5.74, 6) is 0.786. The molecule has 1 aromatic carbocycles. The van der Waals surface area contributed by atoms with Gasteiger partial charge in [0, 0.05) is 32.8 Å². The first-order valence-electron chi connectivity index (χ1n) is 5.67. The Morgan fingerprint density at radius 3 is 2.42 bits per heavy atom. The second-order valence-corrected chi connectivity index (χ2v) is 3.65. The molecule has 106 valence electrons. The molecule has 0 saturated carbocycles. The Labute approximate surface area is 112 Å². The molecule has 0 N–H and O–H groups in total. The van der Waals surface area contributed by atoms with Gasteiger partial charge in [0.1, 0.15) is 18.1 Å². The van der Waals surface area contributed by atoms with Crippen molar-refractivity contribution in [3.8, 4) is 11.5 Å². The number of carbonyl (C=O) groups excluding carboxylic acids is 1. The van der Waals surface area contributed by atoms with Crippen molar-refractivity contribution in [1.82, 2.24) is 0 Å². The van der Waals surface area contributed by atoms with Gasteiger partial charge in [0.05, 0.1) is 0 Å². The molecule has 0 spiro atoms. The van der Waals surface area contributed by atoms with Crippen LogP contribution in [0.4, 0.5) is 0 Å². The molecule has 19 heavy (non-hydrogen) atoms. The number of rotatable bonds is 8. The average Bonchev–Trinajstić information content (AvgIpc) is 2.41. The van der Waals surface area contributed by atoms with Crippen molar-refractivity contribution < 1.29 is 28.5 Å². The van der Waals surface area contributed by atoms with Crippen LogP contribution in [0.3, 0.4) is 0 Å². The van der Waals surface area contributed by atoms with E-state index in [2.05, 4.69) is 0 Å². The summed E-state index contributed by atoms with van der Waals surface area (Å²) < 4.78 is 25.3. The normalized spacial score (nSPS) is 10.1. The molecule has 0 bridgehead atoms. The zero-order chi connectivity index (χ0) is 14.1. The number of carbonyl (C=O) groups is 1. The van der Waals surface area contributed by atoms with E-state index in [4.69, 9.17) is 23.7 Å². The van der Waals surface area contributed by atoms with Crippen LogP contribution in [0.25, 0.3) is 0 Å². The molecule has 6 heteroatoms. The molecule has 0 aliphatic heterocycles. The topological polar surface area (TPSA) is 63.2 Å². The van der Waals surface area contributed by atoms with E-state index in [1.807, 2.05) is 0 Å². The summed E-state index contributed by atoms with van der Waals surface area (Å²) in [6.07, 6.45) is 0. The SMILES string of the molecule is COCOc1ccc(COC(C)=O)c(OCOC)c1. The van der Waals surface area contributed by atoms with Gasteiger partial charge in [-0.15, -0.1) is 0 Å². The van der Waals surface area contributed by atoms with E-state index in [1.165, 1.54) is 21.1 Å². The van der Waals surface area contributed by atoms with Gasteiger partial charge >= 0.3 is 5.97 Å². The summed E-state index contributed by atoms with van der Waals surface area (Å²) in [6.45, 7) is 1.73. The number of hydrogen-bond acceptors (Lipinski definition) is 6. The third kappa shape index (κ3) is 5.58. The minimum Gasteiger partial charge on any atom is -0.467 e. The lowest BCUT2D eigenvalue weighted by Gasteiger charge is -2.13. The van der Waals surface area contributed by atoms with Crippen LogP contribution in [0.1, 0.15) is 12.5 Å². The molecule has 0 aliphatic carbocycles. The zero-order valence-electron chi connectivity index (χ0n) is 11.3. The summed E-state index contributed by atoms with van der Waals surface area (Å²) >= 11 is 0. The highest BCUT2D eigenvalue weighted by Gasteiger charge is 2.08. The van der Waals surface area contributed by atoms with E-state index < -0.39 is 0 Å². The molecule has 0 amide bonds. The number of esters is 1. The van der Waals surface area contributed by atoms with Crippen LogP contribution >= 0.6 is 0 Å². The van der Waals surface area contributed by atoms with Crippen LogP contribution < -0.4 is 9.47 Å². The highest BCUT2D eigenvalue weighted by molar-refractivity contribution is 5.66. The van der Waals surface area contributed by atoms with Gasteiger partial charge < -0.3 is 23.7 Å². The number of benzene rings is 1. The van der Waals surface area contributed by atoms with Crippen molar-refractivity contribution in [1.29, 1.82) is 0 Å². The molecule has 0 unspecified atom stereocenters. The van der Waals surface area contributed by atoms with Crippen molar-refractivity contribution in [2.45, 2.75) is 13.5 Å². The van der Waals surface area contributed by atoms with Crippen molar-refractivity contribution in [2.24, 2.45) is 0 Å². The smallest absolute Gasteiger partial charge is 0.302 e. The quantitative estimate of drug-likeness (QED) is 0.529. The fourth-order valence-electron chi connectivity index (χ4n) is 1.31. The van der Waals surface area contributed by atoms with Crippen molar-refractivity contribution in [3.05, 3.63) is 23.8 Å². The van der Waals surface area contributed by atoms with Crippen molar-refractivity contribution >= 4 is 5.97 Å². The number of methoxy groups -OCH3 is 2. The molecule has 0 heterocycles. The summed E-state index contributed by atoms with van der Waals surface area (Å²) in [6, 6.07) is 5.20. The third-order valence-corrected chi connectivity index (χ3v) is 2.15. The zero-order valence-corrected chi connectivity index (χ0v) is 11.3. The summed E-state index contributed by atoms with van der Waals surface area (Å²) in [5.41, 5.74) is 0.733. The number of ether oxygens (including phenoxy) is 5. The molecule has 0 saturated heterocycles. The van der Waals surface area contributed by atoms with E-state index in [9.17, 15) is 4.79 Å².